The Bertz CT molecular complexity index is 393. The summed E-state index contributed by atoms with van der Waals surface area (Å²) in [4.78, 5) is 0. The zero-order valence-corrected chi connectivity index (χ0v) is 14.0. The van der Waals surface area contributed by atoms with E-state index < -0.39 is 0 Å². The van der Waals surface area contributed by atoms with Gasteiger partial charge in [-0.15, -0.1) is 0 Å². The molecule has 120 valence electrons. The van der Waals surface area contributed by atoms with Crippen LogP contribution in [-0.4, -0.2) is 33.9 Å². The third kappa shape index (κ3) is 6.25. The van der Waals surface area contributed by atoms with Crippen LogP contribution in [-0.2, 0) is 0 Å². The Morgan fingerprint density at radius 3 is 2.19 bits per heavy atom. The maximum absolute atomic E-state index is 5.82. The molecule has 4 heteroatoms. The van der Waals surface area contributed by atoms with Gasteiger partial charge in [-0.2, -0.15) is 0 Å². The van der Waals surface area contributed by atoms with Crippen LogP contribution >= 0.6 is 0 Å². The van der Waals surface area contributed by atoms with Crippen molar-refractivity contribution in [3.63, 3.8) is 0 Å². The molecule has 1 rings (SSSR count). The van der Waals surface area contributed by atoms with Crippen LogP contribution in [0.15, 0.2) is 12.1 Å². The molecule has 1 aromatic rings. The topological polar surface area (TPSA) is 39.7 Å². The molecule has 0 bridgehead atoms. The first-order chi connectivity index (χ1) is 10.1. The number of nitrogens with one attached hydrogen (secondary N) is 1. The van der Waals surface area contributed by atoms with Crippen molar-refractivity contribution in [2.45, 2.75) is 33.6 Å². The second kappa shape index (κ2) is 9.50. The van der Waals surface area contributed by atoms with E-state index in [-0.39, 0.29) is 0 Å². The fraction of sp³-hybridized carbons (Fsp3) is 0.647. The van der Waals surface area contributed by atoms with Crippen molar-refractivity contribution >= 4 is 0 Å². The summed E-state index contributed by atoms with van der Waals surface area (Å²) in [6.07, 6.45) is 2.46. The maximum Gasteiger partial charge on any atom is 0.203 e. The number of ether oxygens (including phenoxy) is 3. The van der Waals surface area contributed by atoms with Crippen LogP contribution in [0.4, 0.5) is 0 Å². The van der Waals surface area contributed by atoms with Crippen molar-refractivity contribution in [3.05, 3.63) is 17.7 Å². The lowest BCUT2D eigenvalue weighted by Gasteiger charge is -2.15. The minimum Gasteiger partial charge on any atom is -0.493 e. The van der Waals surface area contributed by atoms with E-state index in [1.54, 1.807) is 14.2 Å². The Hall–Kier alpha value is -1.42. The fourth-order valence-electron chi connectivity index (χ4n) is 2.14. The summed E-state index contributed by atoms with van der Waals surface area (Å²) in [6, 6.07) is 3.90. The fourth-order valence-corrected chi connectivity index (χ4v) is 2.14. The molecule has 0 fully saturated rings. The number of benzene rings is 1. The standard InChI is InChI=1S/C17H29NO3/c1-13(2)7-6-8-18-9-10-21-17-15(19-4)11-14(3)12-16(17)20-5/h11-13,18H,6-10H2,1-5H3. The highest BCUT2D eigenvalue weighted by Gasteiger charge is 2.12. The summed E-state index contributed by atoms with van der Waals surface area (Å²) >= 11 is 0. The molecule has 1 aromatic carbocycles. The minimum absolute atomic E-state index is 0.595. The first kappa shape index (κ1) is 17.6. The van der Waals surface area contributed by atoms with E-state index in [1.807, 2.05) is 19.1 Å². The average molecular weight is 295 g/mol. The molecule has 0 amide bonds. The number of hydrogen-bond acceptors (Lipinski definition) is 4. The molecule has 21 heavy (non-hydrogen) atoms. The highest BCUT2D eigenvalue weighted by molar-refractivity contribution is 5.53. The normalized spacial score (nSPS) is 10.8. The highest BCUT2D eigenvalue weighted by Crippen LogP contribution is 2.38. The van der Waals surface area contributed by atoms with Crippen LogP contribution in [0, 0.1) is 12.8 Å². The van der Waals surface area contributed by atoms with Gasteiger partial charge in [0.1, 0.15) is 6.61 Å². The van der Waals surface area contributed by atoms with E-state index in [2.05, 4.69) is 19.2 Å². The molecule has 0 saturated carbocycles. The second-order valence-electron chi connectivity index (χ2n) is 5.63. The maximum atomic E-state index is 5.82. The second-order valence-corrected chi connectivity index (χ2v) is 5.63. The van der Waals surface area contributed by atoms with Crippen LogP contribution in [0.2, 0.25) is 0 Å². The van der Waals surface area contributed by atoms with Crippen LogP contribution in [0.3, 0.4) is 0 Å². The monoisotopic (exact) mass is 295 g/mol. The molecule has 1 N–H and O–H groups in total. The van der Waals surface area contributed by atoms with Gasteiger partial charge in [0.2, 0.25) is 5.75 Å². The highest BCUT2D eigenvalue weighted by atomic mass is 16.5. The lowest BCUT2D eigenvalue weighted by Crippen LogP contribution is -2.22. The quantitative estimate of drug-likeness (QED) is 0.671. The predicted octanol–water partition coefficient (Wildman–Crippen LogP) is 3.42. The van der Waals surface area contributed by atoms with Gasteiger partial charge in [0.05, 0.1) is 14.2 Å². The van der Waals surface area contributed by atoms with E-state index in [1.165, 1.54) is 12.8 Å². The zero-order valence-electron chi connectivity index (χ0n) is 14.0. The molecular weight excluding hydrogens is 266 g/mol. The van der Waals surface area contributed by atoms with Gasteiger partial charge in [0.15, 0.2) is 11.5 Å². The summed E-state index contributed by atoms with van der Waals surface area (Å²) in [5.74, 6) is 2.87. The van der Waals surface area contributed by atoms with Crippen molar-refractivity contribution in [1.29, 1.82) is 0 Å². The predicted molar refractivity (Wildman–Crippen MR) is 86.7 cm³/mol. The van der Waals surface area contributed by atoms with E-state index in [9.17, 15) is 0 Å². The summed E-state index contributed by atoms with van der Waals surface area (Å²) in [6.45, 7) is 8.95. The molecule has 0 atom stereocenters. The van der Waals surface area contributed by atoms with Crippen LogP contribution < -0.4 is 19.5 Å². The summed E-state index contributed by atoms with van der Waals surface area (Å²) in [7, 11) is 3.29. The molecule has 0 saturated heterocycles. The van der Waals surface area contributed by atoms with E-state index in [0.29, 0.717) is 23.9 Å². The smallest absolute Gasteiger partial charge is 0.203 e. The molecule has 0 aliphatic carbocycles. The van der Waals surface area contributed by atoms with Gasteiger partial charge in [-0.25, -0.2) is 0 Å². The van der Waals surface area contributed by atoms with Crippen molar-refractivity contribution in [1.82, 2.24) is 5.32 Å². The summed E-state index contributed by atoms with van der Waals surface area (Å²) in [5, 5.41) is 3.39. The van der Waals surface area contributed by atoms with E-state index >= 15 is 0 Å². The van der Waals surface area contributed by atoms with E-state index in [4.69, 9.17) is 14.2 Å². The first-order valence-electron chi connectivity index (χ1n) is 7.64. The summed E-state index contributed by atoms with van der Waals surface area (Å²) < 4.78 is 16.6. The van der Waals surface area contributed by atoms with Gasteiger partial charge in [-0.1, -0.05) is 13.8 Å². The Morgan fingerprint density at radius 2 is 1.67 bits per heavy atom. The van der Waals surface area contributed by atoms with Gasteiger partial charge >= 0.3 is 0 Å². The SMILES string of the molecule is COc1cc(C)cc(OC)c1OCCNCCCC(C)C. The van der Waals surface area contributed by atoms with Crippen molar-refractivity contribution in [2.24, 2.45) is 5.92 Å². The van der Waals surface area contributed by atoms with E-state index in [0.717, 1.165) is 24.6 Å². The number of rotatable bonds is 10. The Kier molecular flexibility index (Phi) is 7.98. The Labute approximate surface area is 128 Å². The molecule has 0 aromatic heterocycles. The van der Waals surface area contributed by atoms with Crippen molar-refractivity contribution < 1.29 is 14.2 Å². The van der Waals surface area contributed by atoms with Crippen LogP contribution in [0.25, 0.3) is 0 Å². The third-order valence-electron chi connectivity index (χ3n) is 3.27. The average Bonchev–Trinajstić information content (AvgIpc) is 2.46. The number of aryl methyl sites for hydroxylation is 1. The van der Waals surface area contributed by atoms with Crippen molar-refractivity contribution in [2.75, 3.05) is 33.9 Å². The first-order valence-corrected chi connectivity index (χ1v) is 7.64. The lowest BCUT2D eigenvalue weighted by molar-refractivity contribution is 0.273. The van der Waals surface area contributed by atoms with Crippen LogP contribution in [0.5, 0.6) is 17.2 Å². The molecular formula is C17H29NO3. The van der Waals surface area contributed by atoms with Gasteiger partial charge < -0.3 is 19.5 Å². The van der Waals surface area contributed by atoms with Gasteiger partial charge in [-0.05, 0) is 49.9 Å². The molecule has 4 nitrogen and oxygen atoms in total. The van der Waals surface area contributed by atoms with Crippen LogP contribution in [0.1, 0.15) is 32.3 Å². The molecule has 0 unspecified atom stereocenters. The molecule has 0 radical (unpaired) electrons. The molecule has 0 aliphatic heterocycles. The number of methoxy groups -OCH3 is 2. The third-order valence-corrected chi connectivity index (χ3v) is 3.27. The molecule has 0 spiro atoms. The largest absolute Gasteiger partial charge is 0.493 e. The van der Waals surface area contributed by atoms with Gasteiger partial charge in [0.25, 0.3) is 0 Å². The Balaban J connectivity index is 2.41. The summed E-state index contributed by atoms with van der Waals surface area (Å²) in [5.41, 5.74) is 1.09. The minimum atomic E-state index is 0.595. The molecule has 0 aliphatic rings. The van der Waals surface area contributed by atoms with Crippen molar-refractivity contribution in [3.8, 4) is 17.2 Å². The Morgan fingerprint density at radius 1 is 1.05 bits per heavy atom. The lowest BCUT2D eigenvalue weighted by atomic mass is 10.1. The van der Waals surface area contributed by atoms with Gasteiger partial charge in [0, 0.05) is 6.54 Å². The van der Waals surface area contributed by atoms with Gasteiger partial charge in [-0.3, -0.25) is 0 Å². The zero-order chi connectivity index (χ0) is 15.7. The molecule has 0 heterocycles. The number of hydrogen-bond donors (Lipinski definition) is 1.